The van der Waals surface area contributed by atoms with Crippen molar-refractivity contribution in [2.75, 3.05) is 0 Å². The Kier molecular flexibility index (Phi) is 2.59. The molecule has 0 N–H and O–H groups in total. The number of rotatable bonds is 2. The molecule has 0 aromatic heterocycles. The molecule has 2 rings (SSSR count). The van der Waals surface area contributed by atoms with E-state index >= 15 is 0 Å². The van der Waals surface area contributed by atoms with Gasteiger partial charge in [0, 0.05) is 6.42 Å². The Morgan fingerprint density at radius 2 is 1.29 bits per heavy atom. The van der Waals surface area contributed by atoms with Crippen molar-refractivity contribution in [3.05, 3.63) is 78.0 Å². The van der Waals surface area contributed by atoms with Crippen LogP contribution in [0.5, 0.6) is 0 Å². The summed E-state index contributed by atoms with van der Waals surface area (Å²) in [6.45, 7) is 0. The number of benzene rings is 2. The van der Waals surface area contributed by atoms with Crippen LogP contribution in [-0.4, -0.2) is 0 Å². The fourth-order valence-corrected chi connectivity index (χ4v) is 1.30. The van der Waals surface area contributed by atoms with Gasteiger partial charge in [-0.2, -0.15) is 0 Å². The van der Waals surface area contributed by atoms with E-state index in [1.54, 1.807) is 12.1 Å². The van der Waals surface area contributed by atoms with Gasteiger partial charge >= 0.3 is 0 Å². The first kappa shape index (κ1) is 8.95. The molecular formula is C13H10F. The fraction of sp³-hybridized carbons (Fsp3) is 0. The zero-order chi connectivity index (χ0) is 9.80. The van der Waals surface area contributed by atoms with Gasteiger partial charge in [0.25, 0.3) is 0 Å². The largest absolute Gasteiger partial charge is 0.207 e. The normalized spacial score (nSPS) is 10.1. The first-order valence-corrected chi connectivity index (χ1v) is 4.50. The SMILES string of the molecule is Fc1ccc([CH]c2ccccc2)cc1. The van der Waals surface area contributed by atoms with Crippen molar-refractivity contribution in [3.8, 4) is 0 Å². The Hall–Kier alpha value is -1.63. The third-order valence-electron chi connectivity index (χ3n) is 2.00. The lowest BCUT2D eigenvalue weighted by molar-refractivity contribution is 0.627. The summed E-state index contributed by atoms with van der Waals surface area (Å²) in [5.41, 5.74) is 2.14. The van der Waals surface area contributed by atoms with E-state index in [4.69, 9.17) is 0 Å². The highest BCUT2D eigenvalue weighted by Gasteiger charge is 1.95. The van der Waals surface area contributed by atoms with E-state index in [0.29, 0.717) is 0 Å². The molecule has 0 saturated heterocycles. The second kappa shape index (κ2) is 4.05. The van der Waals surface area contributed by atoms with Gasteiger partial charge in [-0.15, -0.1) is 0 Å². The molecule has 0 aliphatic rings. The van der Waals surface area contributed by atoms with Gasteiger partial charge < -0.3 is 0 Å². The quantitative estimate of drug-likeness (QED) is 0.672. The molecule has 0 aliphatic carbocycles. The van der Waals surface area contributed by atoms with Gasteiger partial charge in [-0.1, -0.05) is 42.5 Å². The molecule has 2 aromatic rings. The Morgan fingerprint density at radius 3 is 1.93 bits per heavy atom. The minimum absolute atomic E-state index is 0.199. The summed E-state index contributed by atoms with van der Waals surface area (Å²) < 4.78 is 12.6. The van der Waals surface area contributed by atoms with Crippen LogP contribution in [0.1, 0.15) is 11.1 Å². The zero-order valence-electron chi connectivity index (χ0n) is 7.65. The number of hydrogen-bond donors (Lipinski definition) is 0. The highest BCUT2D eigenvalue weighted by atomic mass is 19.1. The molecule has 0 spiro atoms. The average molecular weight is 185 g/mol. The van der Waals surface area contributed by atoms with Crippen LogP contribution < -0.4 is 0 Å². The Morgan fingerprint density at radius 1 is 0.714 bits per heavy atom. The lowest BCUT2D eigenvalue weighted by Gasteiger charge is -2.00. The highest BCUT2D eigenvalue weighted by molar-refractivity contribution is 5.36. The average Bonchev–Trinajstić information content (AvgIpc) is 2.23. The van der Waals surface area contributed by atoms with E-state index in [0.717, 1.165) is 11.1 Å². The monoisotopic (exact) mass is 185 g/mol. The van der Waals surface area contributed by atoms with Crippen LogP contribution in [0.2, 0.25) is 0 Å². The van der Waals surface area contributed by atoms with E-state index in [-0.39, 0.29) is 5.82 Å². The molecule has 0 bridgehead atoms. The first-order valence-electron chi connectivity index (χ1n) is 4.50. The summed E-state index contributed by atoms with van der Waals surface area (Å²) in [6, 6.07) is 16.4. The maximum atomic E-state index is 12.6. The van der Waals surface area contributed by atoms with Gasteiger partial charge in [0.05, 0.1) is 0 Å². The molecule has 0 aliphatic heterocycles. The van der Waals surface area contributed by atoms with Crippen molar-refractivity contribution in [2.24, 2.45) is 0 Å². The lowest BCUT2D eigenvalue weighted by atomic mass is 10.1. The van der Waals surface area contributed by atoms with E-state index in [2.05, 4.69) is 0 Å². The second-order valence-corrected chi connectivity index (χ2v) is 3.11. The maximum absolute atomic E-state index is 12.6. The summed E-state index contributed by atoms with van der Waals surface area (Å²) in [7, 11) is 0. The summed E-state index contributed by atoms with van der Waals surface area (Å²) in [4.78, 5) is 0. The first-order chi connectivity index (χ1) is 6.84. The van der Waals surface area contributed by atoms with Gasteiger partial charge in [-0.3, -0.25) is 0 Å². The van der Waals surface area contributed by atoms with Crippen LogP contribution in [0.4, 0.5) is 4.39 Å². The van der Waals surface area contributed by atoms with E-state index in [9.17, 15) is 4.39 Å². The molecule has 1 heteroatoms. The summed E-state index contributed by atoms with van der Waals surface area (Å²) in [5.74, 6) is -0.199. The predicted molar refractivity (Wildman–Crippen MR) is 55.3 cm³/mol. The van der Waals surface area contributed by atoms with Crippen molar-refractivity contribution >= 4 is 0 Å². The van der Waals surface area contributed by atoms with Gasteiger partial charge in [0.1, 0.15) is 5.82 Å². The van der Waals surface area contributed by atoms with Crippen molar-refractivity contribution < 1.29 is 4.39 Å². The molecule has 2 aromatic carbocycles. The van der Waals surface area contributed by atoms with Gasteiger partial charge in [0.15, 0.2) is 0 Å². The molecular weight excluding hydrogens is 175 g/mol. The third-order valence-corrected chi connectivity index (χ3v) is 2.00. The molecule has 0 fully saturated rings. The molecule has 0 unspecified atom stereocenters. The molecule has 0 heterocycles. The van der Waals surface area contributed by atoms with E-state index in [1.165, 1.54) is 12.1 Å². The van der Waals surface area contributed by atoms with Crippen molar-refractivity contribution in [1.82, 2.24) is 0 Å². The summed E-state index contributed by atoms with van der Waals surface area (Å²) in [6.07, 6.45) is 2.01. The third kappa shape index (κ3) is 2.19. The minimum atomic E-state index is -0.199. The van der Waals surface area contributed by atoms with Crippen molar-refractivity contribution in [1.29, 1.82) is 0 Å². The number of halogens is 1. The fourth-order valence-electron chi connectivity index (χ4n) is 1.30. The van der Waals surface area contributed by atoms with E-state index < -0.39 is 0 Å². The zero-order valence-corrected chi connectivity index (χ0v) is 7.65. The van der Waals surface area contributed by atoms with Crippen LogP contribution >= 0.6 is 0 Å². The summed E-state index contributed by atoms with van der Waals surface area (Å²) >= 11 is 0. The standard InChI is InChI=1S/C13H10F/c14-13-8-6-12(7-9-13)10-11-4-2-1-3-5-11/h1-10H. The Bertz CT molecular complexity index is 389. The van der Waals surface area contributed by atoms with Crippen LogP contribution in [0.15, 0.2) is 54.6 Å². The van der Waals surface area contributed by atoms with Crippen molar-refractivity contribution in [3.63, 3.8) is 0 Å². The molecule has 0 atom stereocenters. The van der Waals surface area contributed by atoms with Gasteiger partial charge in [0.2, 0.25) is 0 Å². The maximum Gasteiger partial charge on any atom is 0.123 e. The van der Waals surface area contributed by atoms with Crippen molar-refractivity contribution in [2.45, 2.75) is 0 Å². The van der Waals surface area contributed by atoms with Crippen LogP contribution in [0.25, 0.3) is 0 Å². The van der Waals surface area contributed by atoms with Gasteiger partial charge in [-0.25, -0.2) is 4.39 Å². The van der Waals surface area contributed by atoms with Gasteiger partial charge in [-0.05, 0) is 23.3 Å². The van der Waals surface area contributed by atoms with E-state index in [1.807, 2.05) is 36.8 Å². The van der Waals surface area contributed by atoms with Crippen LogP contribution in [-0.2, 0) is 0 Å². The smallest absolute Gasteiger partial charge is 0.123 e. The molecule has 69 valence electrons. The molecule has 0 saturated carbocycles. The minimum Gasteiger partial charge on any atom is -0.207 e. The topological polar surface area (TPSA) is 0 Å². The number of hydrogen-bond acceptors (Lipinski definition) is 0. The van der Waals surface area contributed by atoms with Crippen LogP contribution in [0.3, 0.4) is 0 Å². The van der Waals surface area contributed by atoms with Crippen LogP contribution in [0, 0.1) is 12.2 Å². The highest BCUT2D eigenvalue weighted by Crippen LogP contribution is 2.11. The Labute approximate surface area is 83.0 Å². The molecule has 1 radical (unpaired) electrons. The summed E-state index contributed by atoms with van der Waals surface area (Å²) in [5, 5.41) is 0. The molecule has 0 nitrogen and oxygen atoms in total. The lowest BCUT2D eigenvalue weighted by Crippen LogP contribution is -1.84. The molecule has 14 heavy (non-hydrogen) atoms. The molecule has 0 amide bonds. The predicted octanol–water partition coefficient (Wildman–Crippen LogP) is 3.43. The Balaban J connectivity index is 2.16. The second-order valence-electron chi connectivity index (χ2n) is 3.11.